The van der Waals surface area contributed by atoms with E-state index in [1.165, 1.54) is 128 Å². The summed E-state index contributed by atoms with van der Waals surface area (Å²) in [5.41, 5.74) is 0. The van der Waals surface area contributed by atoms with Gasteiger partial charge < -0.3 is 14.2 Å². The topological polar surface area (TPSA) is 78.9 Å². The van der Waals surface area contributed by atoms with Crippen LogP contribution in [-0.2, 0) is 28.6 Å². The Morgan fingerprint density at radius 2 is 0.481 bits per heavy atom. The van der Waals surface area contributed by atoms with Crippen LogP contribution in [0.5, 0.6) is 0 Å². The van der Waals surface area contributed by atoms with Crippen LogP contribution in [0, 0.1) is 0 Å². The quantitative estimate of drug-likeness (QED) is 0.0261. The predicted molar refractivity (Wildman–Crippen MR) is 353 cm³/mol. The van der Waals surface area contributed by atoms with Gasteiger partial charge in [-0.25, -0.2) is 0 Å². The van der Waals surface area contributed by atoms with Crippen LogP contribution < -0.4 is 0 Å². The summed E-state index contributed by atoms with van der Waals surface area (Å²) >= 11 is 0. The summed E-state index contributed by atoms with van der Waals surface area (Å²) in [5.74, 6) is -0.914. The van der Waals surface area contributed by atoms with E-state index in [2.05, 4.69) is 154 Å². The van der Waals surface area contributed by atoms with Crippen molar-refractivity contribution in [3.05, 3.63) is 134 Å². The molecule has 0 saturated carbocycles. The van der Waals surface area contributed by atoms with Gasteiger partial charge in [0.15, 0.2) is 6.10 Å². The molecule has 1 unspecified atom stereocenters. The number of carbonyl (C=O) groups excluding carboxylic acids is 3. The molecule has 0 N–H and O–H groups in total. The van der Waals surface area contributed by atoms with Crippen molar-refractivity contribution in [3.8, 4) is 0 Å². The van der Waals surface area contributed by atoms with Gasteiger partial charge in [-0.3, -0.25) is 14.4 Å². The van der Waals surface area contributed by atoms with E-state index in [9.17, 15) is 14.4 Å². The Bertz CT molecular complexity index is 1720. The number of esters is 3. The number of ether oxygens (including phenoxy) is 3. The van der Waals surface area contributed by atoms with Gasteiger partial charge in [-0.15, -0.1) is 0 Å². The van der Waals surface area contributed by atoms with Gasteiger partial charge in [0.2, 0.25) is 0 Å². The fourth-order valence-corrected chi connectivity index (χ4v) is 9.11. The number of unbranched alkanes of at least 4 members (excludes halogenated alkanes) is 27. The molecule has 6 heteroatoms. The van der Waals surface area contributed by atoms with Crippen LogP contribution in [-0.4, -0.2) is 37.2 Å². The van der Waals surface area contributed by atoms with Crippen LogP contribution in [0.1, 0.15) is 303 Å². The third-order valence-electron chi connectivity index (χ3n) is 14.1. The molecule has 0 fully saturated rings. The molecule has 460 valence electrons. The van der Waals surface area contributed by atoms with Crippen molar-refractivity contribution in [2.75, 3.05) is 13.2 Å². The minimum atomic E-state index is -0.793. The lowest BCUT2D eigenvalue weighted by atomic mass is 10.1. The van der Waals surface area contributed by atoms with Gasteiger partial charge in [0.25, 0.3) is 0 Å². The Labute approximate surface area is 500 Å². The van der Waals surface area contributed by atoms with E-state index < -0.39 is 6.10 Å². The molecule has 0 spiro atoms. The second-order valence-corrected chi connectivity index (χ2v) is 22.0. The minimum Gasteiger partial charge on any atom is -0.462 e. The van der Waals surface area contributed by atoms with Gasteiger partial charge in [-0.1, -0.05) is 296 Å². The van der Waals surface area contributed by atoms with E-state index in [1.807, 2.05) is 0 Å². The molecule has 0 aliphatic heterocycles. The normalized spacial score (nSPS) is 13.0. The summed E-state index contributed by atoms with van der Waals surface area (Å²) in [6.07, 6.45) is 96.1. The molecule has 0 aromatic carbocycles. The smallest absolute Gasteiger partial charge is 0.306 e. The summed E-state index contributed by atoms with van der Waals surface area (Å²) in [6, 6.07) is 0. The molecule has 0 amide bonds. The first-order valence-electron chi connectivity index (χ1n) is 33.7. The van der Waals surface area contributed by atoms with E-state index >= 15 is 0 Å². The molecule has 81 heavy (non-hydrogen) atoms. The Morgan fingerprint density at radius 3 is 0.765 bits per heavy atom. The third kappa shape index (κ3) is 66.2. The second-order valence-electron chi connectivity index (χ2n) is 22.0. The summed E-state index contributed by atoms with van der Waals surface area (Å²) in [4.78, 5) is 38.3. The molecule has 1 atom stereocenters. The molecule has 6 nitrogen and oxygen atoms in total. The zero-order chi connectivity index (χ0) is 58.5. The molecule has 0 aliphatic rings. The largest absolute Gasteiger partial charge is 0.462 e. The van der Waals surface area contributed by atoms with Gasteiger partial charge >= 0.3 is 17.9 Å². The highest BCUT2D eigenvalue weighted by Crippen LogP contribution is 2.15. The number of hydrogen-bond acceptors (Lipinski definition) is 6. The van der Waals surface area contributed by atoms with Crippen molar-refractivity contribution in [3.63, 3.8) is 0 Å². The van der Waals surface area contributed by atoms with Crippen molar-refractivity contribution >= 4 is 17.9 Å². The van der Waals surface area contributed by atoms with E-state index in [0.717, 1.165) is 135 Å². The van der Waals surface area contributed by atoms with E-state index in [1.54, 1.807) is 0 Å². The van der Waals surface area contributed by atoms with Gasteiger partial charge in [-0.05, 0) is 122 Å². The van der Waals surface area contributed by atoms with Gasteiger partial charge in [0.1, 0.15) is 13.2 Å². The van der Waals surface area contributed by atoms with Crippen LogP contribution in [0.3, 0.4) is 0 Å². The van der Waals surface area contributed by atoms with Crippen LogP contribution >= 0.6 is 0 Å². The van der Waals surface area contributed by atoms with Crippen LogP contribution in [0.25, 0.3) is 0 Å². The first kappa shape index (κ1) is 76.5. The molecule has 0 aromatic rings. The molecule has 0 bridgehead atoms. The molecule has 0 heterocycles. The van der Waals surface area contributed by atoms with Gasteiger partial charge in [-0.2, -0.15) is 0 Å². The standard InChI is InChI=1S/C75H124O6/c1-4-7-10-13-16-19-22-24-26-28-29-30-31-32-33-34-35-36-37-38-39-40-41-42-43-44-45-47-48-50-53-56-59-62-65-68-74(77)80-71-72(70-79-73(76)67-64-61-58-55-52-21-18-15-12-9-6-3)81-75(78)69-66-63-60-57-54-51-49-46-27-25-23-20-17-14-11-8-5-2/h7,10,16,19,24-27,29-30,32-33,35-36,38-39,41-42,44-45,48,50,72H,4-6,8-9,11-15,17-18,20-23,28,31,34,37,40,43,46-47,49,51-71H2,1-3H3/b10-7-,19-16-,26-24-,27-25-,30-29-,33-32-,36-35-,39-38-,42-41-,45-44-,50-48-. The third-order valence-corrected chi connectivity index (χ3v) is 14.1. The zero-order valence-corrected chi connectivity index (χ0v) is 52.8. The lowest BCUT2D eigenvalue weighted by Crippen LogP contribution is -2.30. The minimum absolute atomic E-state index is 0.0877. The number of allylic oxidation sites excluding steroid dienone is 22. The fourth-order valence-electron chi connectivity index (χ4n) is 9.11. The lowest BCUT2D eigenvalue weighted by molar-refractivity contribution is -0.167. The average molecular weight is 1120 g/mol. The maximum absolute atomic E-state index is 12.9. The maximum Gasteiger partial charge on any atom is 0.306 e. The Kier molecular flexibility index (Phi) is 64.3. The molecule has 0 rings (SSSR count). The monoisotopic (exact) mass is 1120 g/mol. The number of rotatable bonds is 60. The Balaban J connectivity index is 4.29. The summed E-state index contributed by atoms with van der Waals surface area (Å²) in [5, 5.41) is 0. The van der Waals surface area contributed by atoms with E-state index in [4.69, 9.17) is 14.2 Å². The highest BCUT2D eigenvalue weighted by Gasteiger charge is 2.19. The Morgan fingerprint density at radius 1 is 0.259 bits per heavy atom. The summed E-state index contributed by atoms with van der Waals surface area (Å²) in [6.45, 7) is 6.50. The lowest BCUT2D eigenvalue weighted by Gasteiger charge is -2.18. The molecule has 0 radical (unpaired) electrons. The van der Waals surface area contributed by atoms with Crippen LogP contribution in [0.15, 0.2) is 134 Å². The first-order chi connectivity index (χ1) is 40.0. The maximum atomic E-state index is 12.9. The zero-order valence-electron chi connectivity index (χ0n) is 52.8. The van der Waals surface area contributed by atoms with Crippen molar-refractivity contribution in [1.82, 2.24) is 0 Å². The second kappa shape index (κ2) is 68.1. The van der Waals surface area contributed by atoms with Gasteiger partial charge in [0.05, 0.1) is 0 Å². The van der Waals surface area contributed by atoms with Crippen LogP contribution in [0.4, 0.5) is 0 Å². The van der Waals surface area contributed by atoms with E-state index in [0.29, 0.717) is 19.3 Å². The predicted octanol–water partition coefficient (Wildman–Crippen LogP) is 23.3. The molecular formula is C75H124O6. The Hall–Kier alpha value is -4.45. The highest BCUT2D eigenvalue weighted by molar-refractivity contribution is 5.71. The number of carbonyl (C=O) groups is 3. The molecular weight excluding hydrogens is 997 g/mol. The van der Waals surface area contributed by atoms with Crippen molar-refractivity contribution < 1.29 is 28.6 Å². The molecule has 0 aliphatic carbocycles. The van der Waals surface area contributed by atoms with Gasteiger partial charge in [0, 0.05) is 19.3 Å². The summed E-state index contributed by atoms with van der Waals surface area (Å²) < 4.78 is 16.9. The number of hydrogen-bond donors (Lipinski definition) is 0. The fraction of sp³-hybridized carbons (Fsp3) is 0.667. The molecule has 0 aromatic heterocycles. The highest BCUT2D eigenvalue weighted by atomic mass is 16.6. The molecule has 0 saturated heterocycles. The van der Waals surface area contributed by atoms with Crippen molar-refractivity contribution in [1.29, 1.82) is 0 Å². The van der Waals surface area contributed by atoms with Crippen molar-refractivity contribution in [2.45, 2.75) is 309 Å². The summed E-state index contributed by atoms with van der Waals surface area (Å²) in [7, 11) is 0. The van der Waals surface area contributed by atoms with E-state index in [-0.39, 0.29) is 31.1 Å². The van der Waals surface area contributed by atoms with Crippen molar-refractivity contribution in [2.24, 2.45) is 0 Å². The average Bonchev–Trinajstić information content (AvgIpc) is 3.47. The SMILES string of the molecule is CC/C=C\C/C=C\C/C=C\C/C=C\C/C=C\C/C=C\C/C=C\C/C=C\C/C=C\C/C=C\CCCCCCC(=O)OCC(COC(=O)CCCCCCCCCCCCC)OC(=O)CCCCCCCCC/C=C\CCCCCCCC. The van der Waals surface area contributed by atoms with Crippen LogP contribution in [0.2, 0.25) is 0 Å². The first-order valence-corrected chi connectivity index (χ1v) is 33.7.